The van der Waals surface area contributed by atoms with Crippen molar-refractivity contribution in [1.82, 2.24) is 34.5 Å². The average Bonchev–Trinajstić information content (AvgIpc) is 3.32. The van der Waals surface area contributed by atoms with E-state index >= 15 is 0 Å². The fourth-order valence-corrected chi connectivity index (χ4v) is 3.77. The van der Waals surface area contributed by atoms with Crippen molar-refractivity contribution in [2.24, 2.45) is 7.05 Å². The number of benzene rings is 1. The molecule has 8 nitrogen and oxygen atoms in total. The molecule has 0 aliphatic rings. The molecule has 5 rings (SSSR count). The van der Waals surface area contributed by atoms with Crippen molar-refractivity contribution in [3.63, 3.8) is 0 Å². The molecule has 0 radical (unpaired) electrons. The molecule has 4 heterocycles. The third-order valence-electron chi connectivity index (χ3n) is 5.06. The van der Waals surface area contributed by atoms with Crippen LogP contribution in [0.5, 0.6) is 0 Å². The topological polar surface area (TPSA) is 100 Å². The maximum Gasteiger partial charge on any atom is 0.165 e. The number of imidazole rings is 1. The maximum absolute atomic E-state index is 6.19. The van der Waals surface area contributed by atoms with Crippen LogP contribution in [0.4, 0.5) is 5.82 Å². The van der Waals surface area contributed by atoms with E-state index in [1.54, 1.807) is 18.0 Å². The number of nitrogens with zero attached hydrogens (tertiary/aromatic N) is 7. The smallest absolute Gasteiger partial charge is 0.165 e. The van der Waals surface area contributed by atoms with Crippen molar-refractivity contribution in [2.45, 2.75) is 12.8 Å². The molecule has 0 saturated carbocycles. The van der Waals surface area contributed by atoms with Crippen LogP contribution in [0, 0.1) is 6.92 Å². The number of alkyl halides is 1. The standard InChI is InChI=1S/C22H19ClN8/c1-13-19(29-30(2)28-13)17-9-10-18-22(26-17)31(15-7-5-14(12-23)6-8-15)21(27-18)16-4-3-11-25-20(16)24/h3-11H,12H2,1-2H3,(H2,24,25). The molecule has 0 aliphatic heterocycles. The molecule has 0 bridgehead atoms. The third kappa shape index (κ3) is 3.30. The van der Waals surface area contributed by atoms with Crippen LogP contribution in [0.1, 0.15) is 11.3 Å². The molecular weight excluding hydrogens is 412 g/mol. The van der Waals surface area contributed by atoms with Crippen LogP contribution in [-0.2, 0) is 12.9 Å². The number of pyridine rings is 2. The van der Waals surface area contributed by atoms with Gasteiger partial charge in [-0.1, -0.05) is 12.1 Å². The van der Waals surface area contributed by atoms with Gasteiger partial charge in [0.05, 0.1) is 17.0 Å². The van der Waals surface area contributed by atoms with Crippen LogP contribution in [0.2, 0.25) is 0 Å². The highest BCUT2D eigenvalue weighted by molar-refractivity contribution is 6.17. The summed E-state index contributed by atoms with van der Waals surface area (Å²) in [7, 11) is 1.79. The fraction of sp³-hybridized carbons (Fsp3) is 0.136. The second-order valence-corrected chi connectivity index (χ2v) is 7.44. The molecule has 154 valence electrons. The largest absolute Gasteiger partial charge is 0.383 e. The molecule has 1 aromatic carbocycles. The molecule has 9 heteroatoms. The minimum absolute atomic E-state index is 0.404. The molecule has 4 aromatic heterocycles. The summed E-state index contributed by atoms with van der Waals surface area (Å²) in [5.41, 5.74) is 12.6. The molecule has 0 amide bonds. The quantitative estimate of drug-likeness (QED) is 0.434. The summed E-state index contributed by atoms with van der Waals surface area (Å²) in [6.07, 6.45) is 1.66. The highest BCUT2D eigenvalue weighted by atomic mass is 35.5. The normalized spacial score (nSPS) is 11.3. The molecule has 0 spiro atoms. The second-order valence-electron chi connectivity index (χ2n) is 7.17. The molecule has 0 unspecified atom stereocenters. The van der Waals surface area contributed by atoms with Crippen LogP contribution < -0.4 is 5.73 Å². The first kappa shape index (κ1) is 19.2. The van der Waals surface area contributed by atoms with Gasteiger partial charge >= 0.3 is 0 Å². The van der Waals surface area contributed by atoms with E-state index in [0.29, 0.717) is 23.2 Å². The van der Waals surface area contributed by atoms with E-state index in [9.17, 15) is 0 Å². The Balaban J connectivity index is 1.80. The number of aryl methyl sites for hydroxylation is 2. The van der Waals surface area contributed by atoms with Gasteiger partial charge in [0, 0.05) is 24.8 Å². The Morgan fingerprint density at radius 3 is 2.48 bits per heavy atom. The van der Waals surface area contributed by atoms with Crippen molar-refractivity contribution in [1.29, 1.82) is 0 Å². The molecule has 0 fully saturated rings. The lowest BCUT2D eigenvalue weighted by Crippen LogP contribution is -2.02. The van der Waals surface area contributed by atoms with Crippen LogP contribution in [0.25, 0.3) is 39.6 Å². The number of fused-ring (bicyclic) bond motifs is 1. The summed E-state index contributed by atoms with van der Waals surface area (Å²) < 4.78 is 1.98. The van der Waals surface area contributed by atoms with E-state index in [0.717, 1.165) is 39.4 Å². The number of aromatic nitrogens is 7. The van der Waals surface area contributed by atoms with Gasteiger partial charge in [0.25, 0.3) is 0 Å². The predicted octanol–water partition coefficient (Wildman–Crippen LogP) is 3.91. The molecule has 5 aromatic rings. The fourth-order valence-electron chi connectivity index (χ4n) is 3.60. The number of hydrogen-bond acceptors (Lipinski definition) is 6. The summed E-state index contributed by atoms with van der Waals surface area (Å²) in [6, 6.07) is 15.6. The highest BCUT2D eigenvalue weighted by Gasteiger charge is 2.19. The van der Waals surface area contributed by atoms with E-state index in [1.807, 2.05) is 60.0 Å². The van der Waals surface area contributed by atoms with Gasteiger partial charge in [-0.2, -0.15) is 15.0 Å². The van der Waals surface area contributed by atoms with Crippen molar-refractivity contribution < 1.29 is 0 Å². The molecular formula is C22H19ClN8. The lowest BCUT2D eigenvalue weighted by Gasteiger charge is -2.11. The molecule has 0 aliphatic carbocycles. The SMILES string of the molecule is Cc1nn(C)nc1-c1ccc2nc(-c3cccnc3N)n(-c3ccc(CCl)cc3)c2n1. The Hall–Kier alpha value is -3.78. The predicted molar refractivity (Wildman–Crippen MR) is 121 cm³/mol. The van der Waals surface area contributed by atoms with E-state index in [4.69, 9.17) is 27.3 Å². The Labute approximate surface area is 183 Å². The van der Waals surface area contributed by atoms with E-state index < -0.39 is 0 Å². The minimum atomic E-state index is 0.404. The van der Waals surface area contributed by atoms with Crippen LogP contribution >= 0.6 is 11.6 Å². The van der Waals surface area contributed by atoms with Gasteiger partial charge in [0.2, 0.25) is 0 Å². The first-order chi connectivity index (χ1) is 15.0. The van der Waals surface area contributed by atoms with Crippen molar-refractivity contribution in [3.8, 4) is 28.5 Å². The number of nitrogens with two attached hydrogens (primary N) is 1. The van der Waals surface area contributed by atoms with E-state index in [-0.39, 0.29) is 0 Å². The van der Waals surface area contributed by atoms with Gasteiger partial charge in [-0.25, -0.2) is 15.0 Å². The second kappa shape index (κ2) is 7.48. The average molecular weight is 431 g/mol. The number of hydrogen-bond donors (Lipinski definition) is 1. The monoisotopic (exact) mass is 430 g/mol. The maximum atomic E-state index is 6.19. The third-order valence-corrected chi connectivity index (χ3v) is 5.37. The zero-order chi connectivity index (χ0) is 21.5. The number of halogens is 1. The summed E-state index contributed by atoms with van der Waals surface area (Å²) in [5, 5.41) is 8.80. The van der Waals surface area contributed by atoms with E-state index in [2.05, 4.69) is 15.2 Å². The summed E-state index contributed by atoms with van der Waals surface area (Å²) in [4.78, 5) is 15.5. The lowest BCUT2D eigenvalue weighted by atomic mass is 10.2. The molecule has 0 saturated heterocycles. The number of rotatable bonds is 4. The van der Waals surface area contributed by atoms with Gasteiger partial charge < -0.3 is 5.73 Å². The van der Waals surface area contributed by atoms with Gasteiger partial charge in [0.1, 0.15) is 17.0 Å². The minimum Gasteiger partial charge on any atom is -0.383 e. The number of nitrogen functional groups attached to an aromatic ring is 1. The first-order valence-electron chi connectivity index (χ1n) is 9.69. The molecule has 0 atom stereocenters. The van der Waals surface area contributed by atoms with Gasteiger partial charge in [0.15, 0.2) is 11.5 Å². The summed E-state index contributed by atoms with van der Waals surface area (Å²) >= 11 is 5.98. The van der Waals surface area contributed by atoms with Crippen LogP contribution in [0.3, 0.4) is 0 Å². The number of anilines is 1. The molecule has 31 heavy (non-hydrogen) atoms. The van der Waals surface area contributed by atoms with E-state index in [1.165, 1.54) is 0 Å². The van der Waals surface area contributed by atoms with Crippen LogP contribution in [-0.4, -0.2) is 34.5 Å². The van der Waals surface area contributed by atoms with Crippen molar-refractivity contribution >= 4 is 28.6 Å². The van der Waals surface area contributed by atoms with Gasteiger partial charge in [-0.3, -0.25) is 4.57 Å². The van der Waals surface area contributed by atoms with Crippen molar-refractivity contribution in [2.75, 3.05) is 5.73 Å². The zero-order valence-corrected chi connectivity index (χ0v) is 17.7. The summed E-state index contributed by atoms with van der Waals surface area (Å²) in [5.74, 6) is 1.52. The molecule has 2 N–H and O–H groups in total. The Bertz CT molecular complexity index is 1400. The first-order valence-corrected chi connectivity index (χ1v) is 10.2. The Morgan fingerprint density at radius 1 is 1.00 bits per heavy atom. The zero-order valence-electron chi connectivity index (χ0n) is 17.0. The Morgan fingerprint density at radius 2 is 1.81 bits per heavy atom. The van der Waals surface area contributed by atoms with Crippen molar-refractivity contribution in [3.05, 3.63) is 66.0 Å². The van der Waals surface area contributed by atoms with Crippen LogP contribution in [0.15, 0.2) is 54.7 Å². The van der Waals surface area contributed by atoms with Gasteiger partial charge in [-0.05, 0) is 48.9 Å². The Kier molecular flexibility index (Phi) is 4.63. The summed E-state index contributed by atoms with van der Waals surface area (Å²) in [6.45, 7) is 1.91. The highest BCUT2D eigenvalue weighted by Crippen LogP contribution is 2.31. The lowest BCUT2D eigenvalue weighted by molar-refractivity contribution is 0.650. The van der Waals surface area contributed by atoms with Gasteiger partial charge in [-0.15, -0.1) is 11.6 Å².